The Hall–Kier alpha value is -1.39. The topological polar surface area (TPSA) is 24.9 Å². The van der Waals surface area contributed by atoms with Crippen LogP contribution in [0.15, 0.2) is 40.5 Å². The lowest BCUT2D eigenvalue weighted by molar-refractivity contribution is 1.03. The second-order valence-electron chi connectivity index (χ2n) is 3.84. The molecule has 3 rings (SSSR count). The van der Waals surface area contributed by atoms with E-state index in [0.717, 1.165) is 18.5 Å². The lowest BCUT2D eigenvalue weighted by Crippen LogP contribution is -2.03. The van der Waals surface area contributed by atoms with Crippen molar-refractivity contribution in [2.24, 2.45) is 0 Å². The van der Waals surface area contributed by atoms with Gasteiger partial charge in [-0.3, -0.25) is 0 Å². The zero-order valence-corrected chi connectivity index (χ0v) is 10.9. The number of fused-ring (bicyclic) bond motifs is 1. The molecule has 0 radical (unpaired) electrons. The molecule has 1 N–H and O–H groups in total. The van der Waals surface area contributed by atoms with E-state index in [1.807, 2.05) is 5.51 Å². The Bertz CT molecular complexity index is 599. The number of rotatable bonds is 4. The highest BCUT2D eigenvalue weighted by molar-refractivity contribution is 7.16. The molecule has 0 bridgehead atoms. The summed E-state index contributed by atoms with van der Waals surface area (Å²) in [7, 11) is 0. The van der Waals surface area contributed by atoms with E-state index in [9.17, 15) is 0 Å². The number of hydrogen-bond donors (Lipinski definition) is 1. The number of hydrogen-bond acceptors (Lipinski definition) is 4. The SMILES string of the molecule is c1cc(CCNc2ccc3ncsc3c2)cs1. The van der Waals surface area contributed by atoms with Gasteiger partial charge < -0.3 is 5.32 Å². The molecular weight excluding hydrogens is 248 g/mol. The molecule has 0 aliphatic rings. The van der Waals surface area contributed by atoms with Crippen molar-refractivity contribution in [1.82, 2.24) is 4.98 Å². The highest BCUT2D eigenvalue weighted by Crippen LogP contribution is 2.21. The van der Waals surface area contributed by atoms with Crippen LogP contribution in [0, 0.1) is 0 Å². The maximum absolute atomic E-state index is 4.27. The molecule has 0 saturated heterocycles. The molecular formula is C13H12N2S2. The zero-order valence-electron chi connectivity index (χ0n) is 9.22. The van der Waals surface area contributed by atoms with E-state index in [-0.39, 0.29) is 0 Å². The average Bonchev–Trinajstić information content (AvgIpc) is 2.98. The Balaban J connectivity index is 1.64. The number of benzene rings is 1. The van der Waals surface area contributed by atoms with Crippen molar-refractivity contribution in [2.45, 2.75) is 6.42 Å². The third-order valence-electron chi connectivity index (χ3n) is 2.65. The van der Waals surface area contributed by atoms with E-state index in [1.165, 1.54) is 16.0 Å². The van der Waals surface area contributed by atoms with Crippen LogP contribution in [0.4, 0.5) is 5.69 Å². The molecule has 2 aromatic heterocycles. The van der Waals surface area contributed by atoms with E-state index in [2.05, 4.69) is 45.3 Å². The minimum atomic E-state index is 0.973. The van der Waals surface area contributed by atoms with Crippen LogP contribution >= 0.6 is 22.7 Å². The van der Waals surface area contributed by atoms with Gasteiger partial charge in [0.2, 0.25) is 0 Å². The van der Waals surface area contributed by atoms with Gasteiger partial charge in [0.15, 0.2) is 0 Å². The first-order valence-corrected chi connectivity index (χ1v) is 7.32. The minimum absolute atomic E-state index is 0.973. The normalized spacial score (nSPS) is 10.8. The standard InChI is InChI=1S/C13H12N2S2/c1-2-12-13(17-9-15-12)7-11(1)14-5-3-10-4-6-16-8-10/h1-2,4,6-9,14H,3,5H2. The number of nitrogens with one attached hydrogen (secondary N) is 1. The van der Waals surface area contributed by atoms with Crippen LogP contribution in [0.25, 0.3) is 10.2 Å². The van der Waals surface area contributed by atoms with E-state index in [1.54, 1.807) is 22.7 Å². The van der Waals surface area contributed by atoms with Crippen molar-refractivity contribution >= 4 is 38.6 Å². The number of anilines is 1. The first-order chi connectivity index (χ1) is 8.42. The summed E-state index contributed by atoms with van der Waals surface area (Å²) in [5.74, 6) is 0. The molecule has 0 spiro atoms. The van der Waals surface area contributed by atoms with Gasteiger partial charge in [0.05, 0.1) is 15.7 Å². The summed E-state index contributed by atoms with van der Waals surface area (Å²) in [5, 5.41) is 7.77. The predicted octanol–water partition coefficient (Wildman–Crippen LogP) is 4.01. The third kappa shape index (κ3) is 2.48. The first kappa shape index (κ1) is 10.7. The Labute approximate surface area is 108 Å². The molecule has 3 aromatic rings. The van der Waals surface area contributed by atoms with Gasteiger partial charge >= 0.3 is 0 Å². The zero-order chi connectivity index (χ0) is 11.5. The molecule has 86 valence electrons. The molecule has 0 saturated carbocycles. The largest absolute Gasteiger partial charge is 0.385 e. The molecule has 0 aliphatic heterocycles. The van der Waals surface area contributed by atoms with Crippen LogP contribution in [-0.4, -0.2) is 11.5 Å². The molecule has 2 nitrogen and oxygen atoms in total. The van der Waals surface area contributed by atoms with Gasteiger partial charge in [0.25, 0.3) is 0 Å². The lowest BCUT2D eigenvalue weighted by Gasteiger charge is -2.05. The quantitative estimate of drug-likeness (QED) is 0.766. The maximum atomic E-state index is 4.27. The third-order valence-corrected chi connectivity index (χ3v) is 4.18. The predicted molar refractivity (Wildman–Crippen MR) is 76.1 cm³/mol. The molecule has 2 heterocycles. The Morgan fingerprint density at radius 1 is 1.24 bits per heavy atom. The summed E-state index contributed by atoms with van der Waals surface area (Å²) in [4.78, 5) is 4.27. The molecule has 1 aromatic carbocycles. The average molecular weight is 260 g/mol. The number of aromatic nitrogens is 1. The maximum Gasteiger partial charge on any atom is 0.0813 e. The van der Waals surface area contributed by atoms with Crippen LogP contribution in [0.3, 0.4) is 0 Å². The molecule has 0 aliphatic carbocycles. The van der Waals surface area contributed by atoms with Gasteiger partial charge in [-0.05, 0) is 47.0 Å². The second kappa shape index (κ2) is 4.85. The lowest BCUT2D eigenvalue weighted by atomic mass is 10.2. The van der Waals surface area contributed by atoms with Gasteiger partial charge in [-0.1, -0.05) is 0 Å². The second-order valence-corrected chi connectivity index (χ2v) is 5.51. The van der Waals surface area contributed by atoms with Crippen molar-refractivity contribution in [3.8, 4) is 0 Å². The summed E-state index contributed by atoms with van der Waals surface area (Å²) in [5.41, 5.74) is 5.55. The van der Waals surface area contributed by atoms with Crippen LogP contribution in [-0.2, 0) is 6.42 Å². The fourth-order valence-electron chi connectivity index (χ4n) is 1.75. The highest BCUT2D eigenvalue weighted by Gasteiger charge is 1.98. The van der Waals surface area contributed by atoms with Crippen LogP contribution < -0.4 is 5.32 Å². The molecule has 0 fully saturated rings. The number of nitrogens with zero attached hydrogens (tertiary/aromatic N) is 1. The van der Waals surface area contributed by atoms with Crippen LogP contribution in [0.1, 0.15) is 5.56 Å². The van der Waals surface area contributed by atoms with Crippen LogP contribution in [0.2, 0.25) is 0 Å². The summed E-state index contributed by atoms with van der Waals surface area (Å²) in [6, 6.07) is 8.51. The molecule has 17 heavy (non-hydrogen) atoms. The van der Waals surface area contributed by atoms with Crippen molar-refractivity contribution in [3.63, 3.8) is 0 Å². The van der Waals surface area contributed by atoms with Gasteiger partial charge in [-0.25, -0.2) is 4.98 Å². The van der Waals surface area contributed by atoms with E-state index in [0.29, 0.717) is 0 Å². The van der Waals surface area contributed by atoms with Gasteiger partial charge in [-0.2, -0.15) is 11.3 Å². The highest BCUT2D eigenvalue weighted by atomic mass is 32.1. The monoisotopic (exact) mass is 260 g/mol. The van der Waals surface area contributed by atoms with Crippen molar-refractivity contribution in [2.75, 3.05) is 11.9 Å². The fraction of sp³-hybridized carbons (Fsp3) is 0.154. The summed E-state index contributed by atoms with van der Waals surface area (Å²) >= 11 is 3.44. The van der Waals surface area contributed by atoms with Gasteiger partial charge in [-0.15, -0.1) is 11.3 Å². The smallest absolute Gasteiger partial charge is 0.0813 e. The first-order valence-electron chi connectivity index (χ1n) is 5.50. The summed E-state index contributed by atoms with van der Waals surface area (Å²) in [6.07, 6.45) is 1.07. The summed E-state index contributed by atoms with van der Waals surface area (Å²) < 4.78 is 1.24. The van der Waals surface area contributed by atoms with E-state index in [4.69, 9.17) is 0 Å². The Morgan fingerprint density at radius 2 is 2.24 bits per heavy atom. The minimum Gasteiger partial charge on any atom is -0.385 e. The van der Waals surface area contributed by atoms with Crippen molar-refractivity contribution < 1.29 is 0 Å². The Morgan fingerprint density at radius 3 is 3.12 bits per heavy atom. The van der Waals surface area contributed by atoms with Gasteiger partial charge in [0.1, 0.15) is 0 Å². The van der Waals surface area contributed by atoms with Gasteiger partial charge in [0, 0.05) is 12.2 Å². The number of thiazole rings is 1. The van der Waals surface area contributed by atoms with Crippen LogP contribution in [0.5, 0.6) is 0 Å². The fourth-order valence-corrected chi connectivity index (χ4v) is 3.17. The molecule has 0 unspecified atom stereocenters. The molecule has 0 amide bonds. The molecule has 4 heteroatoms. The van der Waals surface area contributed by atoms with E-state index >= 15 is 0 Å². The molecule has 0 atom stereocenters. The summed E-state index contributed by atoms with van der Waals surface area (Å²) in [6.45, 7) is 0.973. The van der Waals surface area contributed by atoms with E-state index < -0.39 is 0 Å². The van der Waals surface area contributed by atoms with Crippen molar-refractivity contribution in [3.05, 3.63) is 46.1 Å². The number of thiophene rings is 1. The van der Waals surface area contributed by atoms with Crippen molar-refractivity contribution in [1.29, 1.82) is 0 Å². The Kier molecular flexibility index (Phi) is 3.07.